The Kier molecular flexibility index (Phi) is 6.79. The highest BCUT2D eigenvalue weighted by Gasteiger charge is 1.98. The first kappa shape index (κ1) is 14.9. The molecule has 0 amide bonds. The van der Waals surface area contributed by atoms with E-state index in [0.717, 1.165) is 36.0 Å². The van der Waals surface area contributed by atoms with Gasteiger partial charge in [-0.2, -0.15) is 11.8 Å². The average Bonchev–Trinajstić information content (AvgIpc) is 2.93. The summed E-state index contributed by atoms with van der Waals surface area (Å²) in [5.41, 5.74) is 1.23. The van der Waals surface area contributed by atoms with Gasteiger partial charge in [0.25, 0.3) is 0 Å². The van der Waals surface area contributed by atoms with E-state index in [9.17, 15) is 0 Å². The molecule has 1 heterocycles. The maximum atomic E-state index is 6.12. The van der Waals surface area contributed by atoms with Crippen LogP contribution in [0.15, 0.2) is 41.8 Å². The van der Waals surface area contributed by atoms with Crippen LogP contribution in [0.2, 0.25) is 5.02 Å². The summed E-state index contributed by atoms with van der Waals surface area (Å²) in [5.74, 6) is 2.11. The predicted octanol–water partition coefficient (Wildman–Crippen LogP) is 4.47. The van der Waals surface area contributed by atoms with E-state index in [1.807, 2.05) is 41.3 Å². The van der Waals surface area contributed by atoms with Gasteiger partial charge in [0.15, 0.2) is 0 Å². The maximum Gasteiger partial charge on any atom is 0.0446 e. The molecule has 0 unspecified atom stereocenters. The van der Waals surface area contributed by atoms with Gasteiger partial charge in [0.05, 0.1) is 0 Å². The lowest BCUT2D eigenvalue weighted by Gasteiger charge is -2.05. The van der Waals surface area contributed by atoms with Crippen LogP contribution >= 0.6 is 34.7 Å². The molecule has 0 spiro atoms. The summed E-state index contributed by atoms with van der Waals surface area (Å²) in [6, 6.07) is 12.4. The fourth-order valence-electron chi connectivity index (χ4n) is 1.73. The highest BCUT2D eigenvalue weighted by atomic mass is 35.5. The molecular weight excluding hydrogens is 294 g/mol. The van der Waals surface area contributed by atoms with Gasteiger partial charge < -0.3 is 5.32 Å². The molecule has 0 aliphatic carbocycles. The van der Waals surface area contributed by atoms with Crippen molar-refractivity contribution in [1.29, 1.82) is 0 Å². The first-order chi connectivity index (χ1) is 9.36. The molecular formula is C15H18ClNS2. The molecule has 4 heteroatoms. The van der Waals surface area contributed by atoms with Crippen LogP contribution in [0.3, 0.4) is 0 Å². The zero-order valence-electron chi connectivity index (χ0n) is 10.8. The Morgan fingerprint density at radius 3 is 2.79 bits per heavy atom. The first-order valence-electron chi connectivity index (χ1n) is 6.40. The zero-order chi connectivity index (χ0) is 13.3. The number of thioether (sulfide) groups is 1. The van der Waals surface area contributed by atoms with Crippen LogP contribution in [0, 0.1) is 0 Å². The molecule has 0 saturated carbocycles. The third-order valence-corrected chi connectivity index (χ3v) is 5.08. The Balaban J connectivity index is 1.52. The summed E-state index contributed by atoms with van der Waals surface area (Å²) < 4.78 is 0. The van der Waals surface area contributed by atoms with Crippen molar-refractivity contribution < 1.29 is 0 Å². The van der Waals surface area contributed by atoms with Crippen molar-refractivity contribution in [3.63, 3.8) is 0 Å². The minimum absolute atomic E-state index is 0.876. The Morgan fingerprint density at radius 1 is 1.11 bits per heavy atom. The molecule has 0 aliphatic rings. The number of hydrogen-bond acceptors (Lipinski definition) is 3. The van der Waals surface area contributed by atoms with E-state index in [1.165, 1.54) is 10.4 Å². The lowest BCUT2D eigenvalue weighted by Crippen LogP contribution is -2.19. The van der Waals surface area contributed by atoms with Crippen molar-refractivity contribution in [2.75, 3.05) is 18.8 Å². The van der Waals surface area contributed by atoms with E-state index in [1.54, 1.807) is 0 Å². The third kappa shape index (κ3) is 5.57. The SMILES string of the molecule is Clc1ccccc1CSCCNCCc1cccs1. The Morgan fingerprint density at radius 2 is 2.00 bits per heavy atom. The molecule has 0 fully saturated rings. The number of halogens is 1. The number of nitrogens with one attached hydrogen (secondary N) is 1. The van der Waals surface area contributed by atoms with Crippen LogP contribution in [-0.4, -0.2) is 18.8 Å². The summed E-state index contributed by atoms with van der Waals surface area (Å²) >= 11 is 9.87. The van der Waals surface area contributed by atoms with E-state index in [-0.39, 0.29) is 0 Å². The largest absolute Gasteiger partial charge is 0.316 e. The number of thiophene rings is 1. The van der Waals surface area contributed by atoms with E-state index in [4.69, 9.17) is 11.6 Å². The Labute approximate surface area is 128 Å². The van der Waals surface area contributed by atoms with Gasteiger partial charge in [-0.3, -0.25) is 0 Å². The number of rotatable bonds is 8. The second kappa shape index (κ2) is 8.64. The van der Waals surface area contributed by atoms with E-state index in [2.05, 4.69) is 28.9 Å². The minimum atomic E-state index is 0.876. The Bertz CT molecular complexity index is 471. The van der Waals surface area contributed by atoms with Crippen molar-refractivity contribution >= 4 is 34.7 Å². The normalized spacial score (nSPS) is 10.8. The quantitative estimate of drug-likeness (QED) is 0.722. The molecule has 1 N–H and O–H groups in total. The minimum Gasteiger partial charge on any atom is -0.316 e. The molecule has 1 nitrogen and oxygen atoms in total. The highest BCUT2D eigenvalue weighted by molar-refractivity contribution is 7.98. The molecule has 0 radical (unpaired) electrons. The average molecular weight is 312 g/mol. The van der Waals surface area contributed by atoms with Crippen LogP contribution < -0.4 is 5.32 Å². The van der Waals surface area contributed by atoms with Crippen LogP contribution in [-0.2, 0) is 12.2 Å². The van der Waals surface area contributed by atoms with Gasteiger partial charge in [-0.1, -0.05) is 35.9 Å². The molecule has 0 bridgehead atoms. The molecule has 0 aliphatic heterocycles. The Hall–Kier alpha value is -0.480. The van der Waals surface area contributed by atoms with Gasteiger partial charge in [0, 0.05) is 28.0 Å². The molecule has 2 rings (SSSR count). The summed E-state index contributed by atoms with van der Waals surface area (Å²) in [7, 11) is 0. The topological polar surface area (TPSA) is 12.0 Å². The molecule has 1 aromatic heterocycles. The summed E-state index contributed by atoms with van der Waals surface area (Å²) in [5, 5.41) is 6.49. The second-order valence-electron chi connectivity index (χ2n) is 4.22. The lowest BCUT2D eigenvalue weighted by atomic mass is 10.2. The smallest absolute Gasteiger partial charge is 0.0446 e. The van der Waals surface area contributed by atoms with Crippen LogP contribution in [0.25, 0.3) is 0 Å². The van der Waals surface area contributed by atoms with E-state index < -0.39 is 0 Å². The van der Waals surface area contributed by atoms with Crippen molar-refractivity contribution in [1.82, 2.24) is 5.32 Å². The van der Waals surface area contributed by atoms with Crippen LogP contribution in [0.4, 0.5) is 0 Å². The standard InChI is InChI=1S/C15H18ClNS2/c16-15-6-2-1-4-13(15)12-18-11-9-17-8-7-14-5-3-10-19-14/h1-6,10,17H,7-9,11-12H2. The van der Waals surface area contributed by atoms with Gasteiger partial charge in [0.1, 0.15) is 0 Å². The number of benzene rings is 1. The van der Waals surface area contributed by atoms with Crippen molar-refractivity contribution in [2.24, 2.45) is 0 Å². The van der Waals surface area contributed by atoms with Gasteiger partial charge in [-0.25, -0.2) is 0 Å². The van der Waals surface area contributed by atoms with Crippen molar-refractivity contribution in [2.45, 2.75) is 12.2 Å². The molecule has 0 saturated heterocycles. The summed E-state index contributed by atoms with van der Waals surface area (Å²) in [6.07, 6.45) is 1.13. The third-order valence-electron chi connectivity index (χ3n) is 2.77. The summed E-state index contributed by atoms with van der Waals surface area (Å²) in [4.78, 5) is 1.45. The van der Waals surface area contributed by atoms with Crippen LogP contribution in [0.1, 0.15) is 10.4 Å². The molecule has 102 valence electrons. The molecule has 19 heavy (non-hydrogen) atoms. The molecule has 1 aromatic carbocycles. The van der Waals surface area contributed by atoms with Gasteiger partial charge in [-0.15, -0.1) is 11.3 Å². The molecule has 0 atom stereocenters. The number of hydrogen-bond donors (Lipinski definition) is 1. The van der Waals surface area contributed by atoms with Crippen molar-refractivity contribution in [3.8, 4) is 0 Å². The summed E-state index contributed by atoms with van der Waals surface area (Å²) in [6.45, 7) is 2.12. The van der Waals surface area contributed by atoms with Crippen molar-refractivity contribution in [3.05, 3.63) is 57.2 Å². The fourth-order valence-corrected chi connectivity index (χ4v) is 3.63. The van der Waals surface area contributed by atoms with Gasteiger partial charge in [0.2, 0.25) is 0 Å². The highest BCUT2D eigenvalue weighted by Crippen LogP contribution is 2.20. The lowest BCUT2D eigenvalue weighted by molar-refractivity contribution is 0.725. The fraction of sp³-hybridized carbons (Fsp3) is 0.333. The zero-order valence-corrected chi connectivity index (χ0v) is 13.2. The van der Waals surface area contributed by atoms with E-state index in [0.29, 0.717) is 0 Å². The maximum absolute atomic E-state index is 6.12. The predicted molar refractivity (Wildman–Crippen MR) is 88.5 cm³/mol. The van der Waals surface area contributed by atoms with Crippen LogP contribution in [0.5, 0.6) is 0 Å². The van der Waals surface area contributed by atoms with E-state index >= 15 is 0 Å². The second-order valence-corrected chi connectivity index (χ2v) is 6.77. The molecule has 2 aromatic rings. The first-order valence-corrected chi connectivity index (χ1v) is 8.82. The van der Waals surface area contributed by atoms with Gasteiger partial charge in [-0.05, 0) is 36.0 Å². The van der Waals surface area contributed by atoms with Gasteiger partial charge >= 0.3 is 0 Å². The monoisotopic (exact) mass is 311 g/mol.